The number of rotatable bonds is 4. The van der Waals surface area contributed by atoms with E-state index in [-0.39, 0.29) is 11.5 Å². The van der Waals surface area contributed by atoms with Crippen LogP contribution in [0.5, 0.6) is 11.5 Å². The molecule has 0 aromatic heterocycles. The Labute approximate surface area is 181 Å². The highest BCUT2D eigenvalue weighted by atomic mass is 16.3. The molecule has 0 aliphatic carbocycles. The molecule has 2 aromatic carbocycles. The number of phenols is 2. The van der Waals surface area contributed by atoms with Gasteiger partial charge in [0.25, 0.3) is 0 Å². The molecule has 0 saturated heterocycles. The summed E-state index contributed by atoms with van der Waals surface area (Å²) in [4.78, 5) is 0. The van der Waals surface area contributed by atoms with E-state index in [9.17, 15) is 10.2 Å². The third-order valence-corrected chi connectivity index (χ3v) is 4.84. The molecule has 0 spiro atoms. The van der Waals surface area contributed by atoms with Gasteiger partial charge in [0.15, 0.2) is 0 Å². The highest BCUT2D eigenvalue weighted by Crippen LogP contribution is 2.38. The molecule has 6 nitrogen and oxygen atoms in total. The van der Waals surface area contributed by atoms with Gasteiger partial charge in [0, 0.05) is 38.8 Å². The van der Waals surface area contributed by atoms with E-state index in [1.165, 1.54) is 0 Å². The predicted octanol–water partition coefficient (Wildman–Crippen LogP) is 3.56. The fourth-order valence-corrected chi connectivity index (χ4v) is 3.01. The Kier molecular flexibility index (Phi) is 7.39. The second kappa shape index (κ2) is 8.55. The summed E-state index contributed by atoms with van der Waals surface area (Å²) >= 11 is 0. The van der Waals surface area contributed by atoms with Crippen molar-refractivity contribution in [2.75, 3.05) is 0 Å². The third kappa shape index (κ3) is 6.71. The normalized spacial score (nSPS) is 12.9. The number of benzene rings is 2. The maximum absolute atomic E-state index is 10.4. The summed E-state index contributed by atoms with van der Waals surface area (Å²) in [5.74, 6) is 0.424. The average Bonchev–Trinajstić information content (AvgIpc) is 2.51. The Morgan fingerprint density at radius 1 is 0.567 bits per heavy atom. The highest BCUT2D eigenvalue weighted by molar-refractivity contribution is 5.50. The van der Waals surface area contributed by atoms with Crippen molar-refractivity contribution in [1.82, 2.24) is 0 Å². The number of nitrogens with two attached hydrogens (primary N) is 4. The molecule has 0 radical (unpaired) electrons. The molecule has 0 bridgehead atoms. The van der Waals surface area contributed by atoms with Gasteiger partial charge in [-0.25, -0.2) is 0 Å². The Hall–Kier alpha value is -2.12. The standard InChI is InChI=1S/C15H27N3O.C9H13NO/c1-13(2,16)9-7-10(14(3,4)17)12(19)11(8-9)15(5,6)18;1-9(2,10)7-5-3-4-6-8(7)11/h7-8,19H,16-18H2,1-6H3;3-6,11H,10H2,1-2H3. The lowest BCUT2D eigenvalue weighted by Gasteiger charge is -2.30. The molecule has 6 heteroatoms. The van der Waals surface area contributed by atoms with Crippen LogP contribution < -0.4 is 22.9 Å². The van der Waals surface area contributed by atoms with Crippen LogP contribution in [-0.4, -0.2) is 10.2 Å². The van der Waals surface area contributed by atoms with E-state index < -0.39 is 22.2 Å². The Balaban J connectivity index is 0.000000346. The Morgan fingerprint density at radius 3 is 1.20 bits per heavy atom. The molecule has 0 atom stereocenters. The molecule has 0 unspecified atom stereocenters. The second-order valence-electron chi connectivity index (χ2n) is 10.3. The van der Waals surface area contributed by atoms with Crippen LogP contribution in [0.3, 0.4) is 0 Å². The number of hydrogen-bond acceptors (Lipinski definition) is 6. The summed E-state index contributed by atoms with van der Waals surface area (Å²) < 4.78 is 0. The first-order chi connectivity index (χ1) is 13.3. The third-order valence-electron chi connectivity index (χ3n) is 4.84. The lowest BCUT2D eigenvalue weighted by Crippen LogP contribution is -2.35. The SMILES string of the molecule is CC(C)(N)c1cc(C(C)(C)N)c(O)c(C(C)(C)N)c1.CC(C)(N)c1ccccc1O. The van der Waals surface area contributed by atoms with Gasteiger partial charge in [0.05, 0.1) is 0 Å². The first kappa shape index (κ1) is 25.9. The lowest BCUT2D eigenvalue weighted by molar-refractivity contribution is 0.411. The molecule has 0 fully saturated rings. The number of para-hydroxylation sites is 1. The van der Waals surface area contributed by atoms with Crippen molar-refractivity contribution < 1.29 is 10.2 Å². The van der Waals surface area contributed by atoms with Gasteiger partial charge < -0.3 is 33.1 Å². The van der Waals surface area contributed by atoms with Crippen molar-refractivity contribution in [3.05, 3.63) is 58.7 Å². The van der Waals surface area contributed by atoms with Crippen LogP contribution in [0.1, 0.15) is 77.6 Å². The monoisotopic (exact) mass is 416 g/mol. The largest absolute Gasteiger partial charge is 0.508 e. The van der Waals surface area contributed by atoms with Crippen molar-refractivity contribution >= 4 is 0 Å². The van der Waals surface area contributed by atoms with Gasteiger partial charge in [-0.3, -0.25) is 0 Å². The zero-order valence-corrected chi connectivity index (χ0v) is 19.7. The van der Waals surface area contributed by atoms with E-state index in [2.05, 4.69) is 0 Å². The molecule has 10 N–H and O–H groups in total. The van der Waals surface area contributed by atoms with Crippen molar-refractivity contribution in [3.8, 4) is 11.5 Å². The molecule has 30 heavy (non-hydrogen) atoms. The van der Waals surface area contributed by atoms with Crippen LogP contribution in [0.25, 0.3) is 0 Å². The minimum Gasteiger partial charge on any atom is -0.508 e. The van der Waals surface area contributed by atoms with Crippen LogP contribution in [-0.2, 0) is 22.2 Å². The maximum atomic E-state index is 10.4. The molecule has 0 heterocycles. The minimum atomic E-state index is -0.661. The van der Waals surface area contributed by atoms with E-state index in [0.29, 0.717) is 11.1 Å². The lowest BCUT2D eigenvalue weighted by atomic mass is 9.81. The van der Waals surface area contributed by atoms with Crippen LogP contribution in [0.2, 0.25) is 0 Å². The molecular weight excluding hydrogens is 376 g/mol. The molecule has 2 aromatic rings. The quantitative estimate of drug-likeness (QED) is 0.449. The van der Waals surface area contributed by atoms with Crippen LogP contribution >= 0.6 is 0 Å². The van der Waals surface area contributed by atoms with Crippen LogP contribution in [0.15, 0.2) is 36.4 Å². The number of hydrogen-bond donors (Lipinski definition) is 6. The van der Waals surface area contributed by atoms with Gasteiger partial charge in [-0.2, -0.15) is 0 Å². The molecule has 0 aliphatic heterocycles. The summed E-state index contributed by atoms with van der Waals surface area (Å²) in [6.45, 7) is 15.0. The Morgan fingerprint density at radius 2 is 0.933 bits per heavy atom. The van der Waals surface area contributed by atoms with Gasteiger partial charge >= 0.3 is 0 Å². The summed E-state index contributed by atoms with van der Waals surface area (Å²) in [5.41, 5.74) is 25.0. The summed E-state index contributed by atoms with van der Waals surface area (Å²) in [6.07, 6.45) is 0. The molecule has 0 amide bonds. The van der Waals surface area contributed by atoms with Gasteiger partial charge in [-0.15, -0.1) is 0 Å². The van der Waals surface area contributed by atoms with E-state index >= 15 is 0 Å². The fraction of sp³-hybridized carbons (Fsp3) is 0.500. The minimum absolute atomic E-state index is 0.160. The fourth-order valence-electron chi connectivity index (χ4n) is 3.01. The topological polar surface area (TPSA) is 145 Å². The molecule has 168 valence electrons. The first-order valence-electron chi connectivity index (χ1n) is 10.1. The van der Waals surface area contributed by atoms with Crippen molar-refractivity contribution in [2.24, 2.45) is 22.9 Å². The zero-order chi connectivity index (χ0) is 23.7. The van der Waals surface area contributed by atoms with Crippen LogP contribution in [0.4, 0.5) is 0 Å². The molecule has 2 rings (SSSR count). The van der Waals surface area contributed by atoms with E-state index in [0.717, 1.165) is 11.1 Å². The summed E-state index contributed by atoms with van der Waals surface area (Å²) in [7, 11) is 0. The summed E-state index contributed by atoms with van der Waals surface area (Å²) in [6, 6.07) is 10.8. The van der Waals surface area contributed by atoms with Crippen LogP contribution in [0, 0.1) is 0 Å². The molecule has 0 aliphatic rings. The van der Waals surface area contributed by atoms with Crippen molar-refractivity contribution in [1.29, 1.82) is 0 Å². The predicted molar refractivity (Wildman–Crippen MR) is 125 cm³/mol. The van der Waals surface area contributed by atoms with E-state index in [1.807, 2.05) is 79.7 Å². The smallest absolute Gasteiger partial charge is 0.125 e. The highest BCUT2D eigenvalue weighted by Gasteiger charge is 2.29. The van der Waals surface area contributed by atoms with Crippen molar-refractivity contribution in [2.45, 2.75) is 77.5 Å². The number of aromatic hydroxyl groups is 2. The average molecular weight is 417 g/mol. The van der Waals surface area contributed by atoms with Gasteiger partial charge in [0.2, 0.25) is 0 Å². The first-order valence-corrected chi connectivity index (χ1v) is 10.1. The van der Waals surface area contributed by atoms with Gasteiger partial charge in [-0.1, -0.05) is 18.2 Å². The van der Waals surface area contributed by atoms with Gasteiger partial charge in [-0.05, 0) is 79.2 Å². The Bertz CT molecular complexity index is 829. The van der Waals surface area contributed by atoms with Crippen molar-refractivity contribution in [3.63, 3.8) is 0 Å². The van der Waals surface area contributed by atoms with E-state index in [1.54, 1.807) is 12.1 Å². The number of phenolic OH excluding ortho intramolecular Hbond substituents is 2. The zero-order valence-electron chi connectivity index (χ0n) is 19.7. The van der Waals surface area contributed by atoms with Gasteiger partial charge in [0.1, 0.15) is 11.5 Å². The molecule has 0 saturated carbocycles. The summed E-state index contributed by atoms with van der Waals surface area (Å²) in [5, 5.41) is 19.8. The maximum Gasteiger partial charge on any atom is 0.125 e. The van der Waals surface area contributed by atoms with E-state index in [4.69, 9.17) is 22.9 Å². The second-order valence-corrected chi connectivity index (χ2v) is 10.3. The molecular formula is C24H40N4O2.